The summed E-state index contributed by atoms with van der Waals surface area (Å²) in [5.41, 5.74) is 9.21. The van der Waals surface area contributed by atoms with Crippen LogP contribution in [0.5, 0.6) is 0 Å². The molecule has 0 fully saturated rings. The number of anilines is 1. The van der Waals surface area contributed by atoms with Gasteiger partial charge in [-0.1, -0.05) is 103 Å². The van der Waals surface area contributed by atoms with Gasteiger partial charge in [0, 0.05) is 42.9 Å². The minimum atomic E-state index is -0.326. The molecule has 0 bridgehead atoms. The molecule has 0 spiro atoms. The zero-order valence-corrected chi connectivity index (χ0v) is 25.0. The first kappa shape index (κ1) is 24.8. The fraction of sp³-hybridized carbons (Fsp3) is 0.0250. The molecule has 6 aromatic carbocycles. The second kappa shape index (κ2) is 9.42. The van der Waals surface area contributed by atoms with Crippen LogP contribution in [0.15, 0.2) is 151 Å². The lowest BCUT2D eigenvalue weighted by Gasteiger charge is -2.26. The first-order valence-electron chi connectivity index (χ1n) is 15.3. The van der Waals surface area contributed by atoms with Crippen molar-refractivity contribution in [1.82, 2.24) is 9.13 Å². The molecule has 1 unspecified atom stereocenters. The number of aliphatic imine (C=N–C) groups is 1. The highest BCUT2D eigenvalue weighted by Gasteiger charge is 2.29. The Morgan fingerprint density at radius 1 is 0.533 bits per heavy atom. The van der Waals surface area contributed by atoms with E-state index in [-0.39, 0.29) is 6.29 Å². The van der Waals surface area contributed by atoms with E-state index in [9.17, 15) is 0 Å². The zero-order chi connectivity index (χ0) is 29.5. The van der Waals surface area contributed by atoms with Crippen molar-refractivity contribution in [3.05, 3.63) is 156 Å². The van der Waals surface area contributed by atoms with E-state index in [2.05, 4.69) is 160 Å². The molecule has 0 saturated heterocycles. The molecule has 1 aliphatic rings. The number of thiophene rings is 1. The molecule has 212 valence electrons. The Morgan fingerprint density at radius 3 is 1.93 bits per heavy atom. The van der Waals surface area contributed by atoms with Gasteiger partial charge in [-0.3, -0.25) is 0 Å². The maximum absolute atomic E-state index is 5.50. The second-order valence-corrected chi connectivity index (χ2v) is 12.7. The van der Waals surface area contributed by atoms with Crippen molar-refractivity contribution in [2.45, 2.75) is 6.29 Å². The lowest BCUT2D eigenvalue weighted by Crippen LogP contribution is -2.23. The highest BCUT2D eigenvalue weighted by atomic mass is 32.1. The lowest BCUT2D eigenvalue weighted by atomic mass is 10.1. The molecule has 0 amide bonds. The average Bonchev–Trinajstić information content (AvgIpc) is 3.75. The number of nitrogens with zero attached hydrogens (tertiary/aromatic N) is 3. The third kappa shape index (κ3) is 3.56. The Bertz CT molecular complexity index is 2620. The molecule has 9 aromatic rings. The molecular formula is C40H26N4S. The molecule has 4 nitrogen and oxygen atoms in total. The third-order valence-electron chi connectivity index (χ3n) is 9.14. The smallest absolute Gasteiger partial charge is 0.201 e. The monoisotopic (exact) mass is 594 g/mol. The predicted octanol–water partition coefficient (Wildman–Crippen LogP) is 10.5. The molecule has 1 atom stereocenters. The van der Waals surface area contributed by atoms with E-state index in [0.717, 1.165) is 33.7 Å². The SMILES string of the molecule is c1ccc(C2=NC(n3c4ccccc4c4cc5c(cc43)c3ccccc3n5-c3ccccc3)Nc3c2sc2ccccc32)cc1. The molecule has 0 radical (unpaired) electrons. The van der Waals surface area contributed by atoms with E-state index >= 15 is 0 Å². The topological polar surface area (TPSA) is 34.2 Å². The minimum absolute atomic E-state index is 0.326. The fourth-order valence-corrected chi connectivity index (χ4v) is 8.39. The van der Waals surface area contributed by atoms with Crippen LogP contribution in [0, 0.1) is 0 Å². The van der Waals surface area contributed by atoms with E-state index in [1.54, 1.807) is 0 Å². The molecule has 0 saturated carbocycles. The molecule has 4 heterocycles. The summed E-state index contributed by atoms with van der Waals surface area (Å²) >= 11 is 1.81. The number of benzene rings is 6. The number of fused-ring (bicyclic) bond motifs is 9. The van der Waals surface area contributed by atoms with Gasteiger partial charge in [0.25, 0.3) is 0 Å². The standard InChI is InChI=1S/C40H26N4S/c1-3-13-25(14-4-1)37-39-38(29-19-9-12-22-36(29)45-39)42-40(41-37)44-33-21-11-8-18-28(33)31-23-34-30(24-35(31)44)27-17-7-10-20-32(27)43(34)26-15-5-2-6-16-26/h1-24,40,42H. The Kier molecular flexibility index (Phi) is 5.18. The Morgan fingerprint density at radius 2 is 1.13 bits per heavy atom. The summed E-state index contributed by atoms with van der Waals surface area (Å²) in [5, 5.41) is 10.1. The summed E-state index contributed by atoms with van der Waals surface area (Å²) in [6.07, 6.45) is -0.326. The summed E-state index contributed by atoms with van der Waals surface area (Å²) in [5.74, 6) is 0. The summed E-state index contributed by atoms with van der Waals surface area (Å²) < 4.78 is 6.05. The molecule has 5 heteroatoms. The Balaban J connectivity index is 1.29. The van der Waals surface area contributed by atoms with Crippen LogP contribution in [0.1, 0.15) is 16.7 Å². The van der Waals surface area contributed by atoms with Gasteiger partial charge in [-0.05, 0) is 42.5 Å². The van der Waals surface area contributed by atoms with E-state index in [0.29, 0.717) is 0 Å². The summed E-state index contributed by atoms with van der Waals surface area (Å²) in [6, 6.07) is 52.2. The van der Waals surface area contributed by atoms with Crippen LogP contribution in [0.3, 0.4) is 0 Å². The van der Waals surface area contributed by atoms with Crippen molar-refractivity contribution >= 4 is 76.4 Å². The van der Waals surface area contributed by atoms with Crippen LogP contribution in [0.4, 0.5) is 5.69 Å². The van der Waals surface area contributed by atoms with Gasteiger partial charge in [0.15, 0.2) is 0 Å². The largest absolute Gasteiger partial charge is 0.345 e. The number of hydrogen-bond donors (Lipinski definition) is 1. The van der Waals surface area contributed by atoms with Crippen molar-refractivity contribution in [1.29, 1.82) is 0 Å². The number of hydrogen-bond acceptors (Lipinski definition) is 3. The molecule has 1 N–H and O–H groups in total. The van der Waals surface area contributed by atoms with Crippen LogP contribution in [-0.2, 0) is 0 Å². The van der Waals surface area contributed by atoms with Gasteiger partial charge >= 0.3 is 0 Å². The fourth-order valence-electron chi connectivity index (χ4n) is 7.20. The summed E-state index contributed by atoms with van der Waals surface area (Å²) in [7, 11) is 0. The predicted molar refractivity (Wildman–Crippen MR) is 190 cm³/mol. The van der Waals surface area contributed by atoms with Gasteiger partial charge in [-0.15, -0.1) is 11.3 Å². The van der Waals surface area contributed by atoms with Gasteiger partial charge < -0.3 is 14.5 Å². The highest BCUT2D eigenvalue weighted by molar-refractivity contribution is 7.22. The van der Waals surface area contributed by atoms with Crippen LogP contribution >= 0.6 is 11.3 Å². The van der Waals surface area contributed by atoms with Gasteiger partial charge in [0.1, 0.15) is 0 Å². The molecule has 0 aliphatic carbocycles. The normalized spacial score (nSPS) is 14.8. The number of para-hydroxylation sites is 3. The minimum Gasteiger partial charge on any atom is -0.345 e. The lowest BCUT2D eigenvalue weighted by molar-refractivity contribution is 0.626. The second-order valence-electron chi connectivity index (χ2n) is 11.6. The maximum atomic E-state index is 5.50. The van der Waals surface area contributed by atoms with Crippen LogP contribution in [0.2, 0.25) is 0 Å². The molecule has 45 heavy (non-hydrogen) atoms. The maximum Gasteiger partial charge on any atom is 0.201 e. The summed E-state index contributed by atoms with van der Waals surface area (Å²) in [6.45, 7) is 0. The van der Waals surface area contributed by atoms with E-state index in [4.69, 9.17) is 4.99 Å². The van der Waals surface area contributed by atoms with E-state index < -0.39 is 0 Å². The molecule has 1 aliphatic heterocycles. The van der Waals surface area contributed by atoms with Gasteiger partial charge in [0.05, 0.1) is 38.3 Å². The van der Waals surface area contributed by atoms with Gasteiger partial charge in [-0.2, -0.15) is 0 Å². The highest BCUT2D eigenvalue weighted by Crippen LogP contribution is 2.45. The van der Waals surface area contributed by atoms with E-state index in [1.165, 1.54) is 47.5 Å². The zero-order valence-electron chi connectivity index (χ0n) is 24.2. The van der Waals surface area contributed by atoms with Crippen molar-refractivity contribution < 1.29 is 0 Å². The Labute approximate surface area is 263 Å². The first-order chi connectivity index (χ1) is 22.3. The summed E-state index contributed by atoms with van der Waals surface area (Å²) in [4.78, 5) is 6.69. The van der Waals surface area contributed by atoms with Crippen LogP contribution < -0.4 is 5.32 Å². The number of rotatable bonds is 3. The number of nitrogens with one attached hydrogen (secondary N) is 1. The first-order valence-corrected chi connectivity index (χ1v) is 16.1. The van der Waals surface area contributed by atoms with Crippen molar-refractivity contribution in [3.63, 3.8) is 0 Å². The van der Waals surface area contributed by atoms with Crippen molar-refractivity contribution in [3.8, 4) is 5.69 Å². The van der Waals surface area contributed by atoms with Crippen molar-refractivity contribution in [2.24, 2.45) is 4.99 Å². The third-order valence-corrected chi connectivity index (χ3v) is 10.3. The van der Waals surface area contributed by atoms with Gasteiger partial charge in [0.2, 0.25) is 6.29 Å². The quantitative estimate of drug-likeness (QED) is 0.217. The molecule has 10 rings (SSSR count). The average molecular weight is 595 g/mol. The van der Waals surface area contributed by atoms with Crippen LogP contribution in [-0.4, -0.2) is 14.8 Å². The Hall–Kier alpha value is -5.65. The molecule has 3 aromatic heterocycles. The van der Waals surface area contributed by atoms with Gasteiger partial charge in [-0.25, -0.2) is 4.99 Å². The van der Waals surface area contributed by atoms with Crippen LogP contribution in [0.25, 0.3) is 59.4 Å². The van der Waals surface area contributed by atoms with Crippen molar-refractivity contribution in [2.75, 3.05) is 5.32 Å². The number of aromatic nitrogens is 2. The van der Waals surface area contributed by atoms with E-state index in [1.807, 2.05) is 11.3 Å². The molecular weight excluding hydrogens is 569 g/mol.